The summed E-state index contributed by atoms with van der Waals surface area (Å²) in [5, 5.41) is 7.98. The fourth-order valence-electron chi connectivity index (χ4n) is 3.91. The van der Waals surface area contributed by atoms with Crippen molar-refractivity contribution in [3.63, 3.8) is 0 Å². The van der Waals surface area contributed by atoms with Gasteiger partial charge in [-0.1, -0.05) is 30.3 Å². The molecule has 5 rings (SSSR count). The lowest BCUT2D eigenvalue weighted by atomic mass is 10.2. The Labute approximate surface area is 197 Å². The van der Waals surface area contributed by atoms with Gasteiger partial charge in [0.15, 0.2) is 11.5 Å². The predicted molar refractivity (Wildman–Crippen MR) is 128 cm³/mol. The van der Waals surface area contributed by atoms with Crippen LogP contribution in [0.1, 0.15) is 6.42 Å². The number of ether oxygens (including phenoxy) is 4. The van der Waals surface area contributed by atoms with E-state index in [2.05, 4.69) is 25.1 Å². The zero-order valence-corrected chi connectivity index (χ0v) is 19.1. The third-order valence-corrected chi connectivity index (χ3v) is 5.70. The van der Waals surface area contributed by atoms with Crippen LogP contribution in [0, 0.1) is 0 Å². The smallest absolute Gasteiger partial charge is 0.240 e. The number of benzene rings is 2. The lowest BCUT2D eigenvalue weighted by Crippen LogP contribution is -2.37. The van der Waals surface area contributed by atoms with E-state index < -0.39 is 0 Å². The molecule has 1 saturated heterocycles. The van der Waals surface area contributed by atoms with E-state index in [4.69, 9.17) is 18.9 Å². The fraction of sp³-hybridized carbons (Fsp3) is 0.320. The molecule has 176 valence electrons. The Morgan fingerprint density at radius 2 is 1.88 bits per heavy atom. The molecule has 0 amide bonds. The van der Waals surface area contributed by atoms with E-state index in [1.54, 1.807) is 7.11 Å². The molecular weight excluding hydrogens is 434 g/mol. The van der Waals surface area contributed by atoms with E-state index in [1.165, 1.54) is 6.33 Å². The first-order chi connectivity index (χ1) is 16.8. The highest BCUT2D eigenvalue weighted by Crippen LogP contribution is 2.36. The quantitative estimate of drug-likeness (QED) is 0.375. The van der Waals surface area contributed by atoms with Gasteiger partial charge in [0, 0.05) is 31.8 Å². The van der Waals surface area contributed by atoms with Gasteiger partial charge in [-0.2, -0.15) is 0 Å². The van der Waals surface area contributed by atoms with Gasteiger partial charge >= 0.3 is 0 Å². The molecule has 0 radical (unpaired) electrons. The number of morpholine rings is 1. The van der Waals surface area contributed by atoms with Crippen LogP contribution in [0.3, 0.4) is 0 Å². The number of rotatable bonds is 9. The molecule has 0 bridgehead atoms. The van der Waals surface area contributed by atoms with Crippen LogP contribution in [0.4, 0.5) is 0 Å². The minimum Gasteiger partial charge on any atom is -0.493 e. The number of aromatic nitrogens is 4. The van der Waals surface area contributed by atoms with Crippen LogP contribution in [0.25, 0.3) is 22.2 Å². The van der Waals surface area contributed by atoms with Gasteiger partial charge in [-0.15, -0.1) is 5.10 Å². The third kappa shape index (κ3) is 5.11. The first kappa shape index (κ1) is 22.1. The Morgan fingerprint density at radius 1 is 1.03 bits per heavy atom. The molecule has 1 N–H and O–H groups in total. The number of methoxy groups -OCH3 is 1. The van der Waals surface area contributed by atoms with Gasteiger partial charge in [-0.25, -0.2) is 9.97 Å². The Hall–Kier alpha value is -3.69. The highest BCUT2D eigenvalue weighted by atomic mass is 16.5. The van der Waals surface area contributed by atoms with Crippen molar-refractivity contribution in [3.8, 4) is 34.5 Å². The highest BCUT2D eigenvalue weighted by Gasteiger charge is 2.15. The maximum absolute atomic E-state index is 6.04. The van der Waals surface area contributed by atoms with Crippen LogP contribution in [0.2, 0.25) is 0 Å². The van der Waals surface area contributed by atoms with Crippen LogP contribution < -0.4 is 14.2 Å². The minimum atomic E-state index is 0.397. The topological polar surface area (TPSA) is 94.6 Å². The maximum Gasteiger partial charge on any atom is 0.240 e. The Balaban J connectivity index is 1.30. The van der Waals surface area contributed by atoms with Crippen molar-refractivity contribution in [2.24, 2.45) is 0 Å². The summed E-state index contributed by atoms with van der Waals surface area (Å²) in [6, 6.07) is 15.5. The van der Waals surface area contributed by atoms with Gasteiger partial charge in [-0.05, 0) is 18.1 Å². The number of nitrogens with zero attached hydrogens (tertiary/aromatic N) is 4. The second-order valence-electron chi connectivity index (χ2n) is 7.94. The van der Waals surface area contributed by atoms with Crippen molar-refractivity contribution in [3.05, 3.63) is 54.9 Å². The number of hydrogen-bond donors (Lipinski definition) is 1. The van der Waals surface area contributed by atoms with Crippen LogP contribution in [-0.4, -0.2) is 71.6 Å². The van der Waals surface area contributed by atoms with Crippen molar-refractivity contribution >= 4 is 10.9 Å². The largest absolute Gasteiger partial charge is 0.493 e. The summed E-state index contributed by atoms with van der Waals surface area (Å²) in [7, 11) is 1.62. The summed E-state index contributed by atoms with van der Waals surface area (Å²) in [4.78, 5) is 11.1. The lowest BCUT2D eigenvalue weighted by Gasteiger charge is -2.26. The average molecular weight is 462 g/mol. The molecule has 0 aliphatic carbocycles. The summed E-state index contributed by atoms with van der Waals surface area (Å²) in [5.74, 6) is 2.06. The monoisotopic (exact) mass is 461 g/mol. The Bertz CT molecular complexity index is 1220. The first-order valence-corrected chi connectivity index (χ1v) is 11.3. The molecule has 9 nitrogen and oxygen atoms in total. The van der Waals surface area contributed by atoms with Crippen molar-refractivity contribution in [1.29, 1.82) is 0 Å². The summed E-state index contributed by atoms with van der Waals surface area (Å²) in [6.45, 7) is 5.12. The van der Waals surface area contributed by atoms with E-state index in [0.717, 1.165) is 50.5 Å². The average Bonchev–Trinajstić information content (AvgIpc) is 3.36. The molecule has 0 atom stereocenters. The Kier molecular flexibility index (Phi) is 6.83. The molecule has 0 saturated carbocycles. The molecule has 34 heavy (non-hydrogen) atoms. The molecule has 1 fully saturated rings. The number of nitrogens with one attached hydrogen (secondary N) is 1. The van der Waals surface area contributed by atoms with Crippen molar-refractivity contribution in [2.75, 3.05) is 46.6 Å². The van der Waals surface area contributed by atoms with Gasteiger partial charge in [0.2, 0.25) is 11.8 Å². The molecule has 1 aliphatic heterocycles. The lowest BCUT2D eigenvalue weighted by molar-refractivity contribution is 0.0357. The van der Waals surface area contributed by atoms with Gasteiger partial charge in [-0.3, -0.25) is 10.00 Å². The molecule has 9 heteroatoms. The molecule has 1 aliphatic rings. The summed E-state index contributed by atoms with van der Waals surface area (Å²) >= 11 is 0. The van der Waals surface area contributed by atoms with E-state index in [0.29, 0.717) is 40.8 Å². The van der Waals surface area contributed by atoms with Gasteiger partial charge in [0.05, 0.1) is 43.5 Å². The number of aromatic amines is 1. The minimum absolute atomic E-state index is 0.397. The summed E-state index contributed by atoms with van der Waals surface area (Å²) in [5.41, 5.74) is 2.58. The molecular formula is C25H27N5O4. The second kappa shape index (κ2) is 10.5. The van der Waals surface area contributed by atoms with E-state index in [1.807, 2.05) is 48.5 Å². The van der Waals surface area contributed by atoms with E-state index in [9.17, 15) is 0 Å². The van der Waals surface area contributed by atoms with Crippen molar-refractivity contribution < 1.29 is 18.9 Å². The molecule has 3 heterocycles. The number of hydrogen-bond acceptors (Lipinski definition) is 8. The highest BCUT2D eigenvalue weighted by molar-refractivity contribution is 5.87. The van der Waals surface area contributed by atoms with E-state index in [-0.39, 0.29) is 0 Å². The maximum atomic E-state index is 6.04. The number of fused-ring (bicyclic) bond motifs is 1. The first-order valence-electron chi connectivity index (χ1n) is 11.3. The van der Waals surface area contributed by atoms with Crippen LogP contribution in [0.15, 0.2) is 54.9 Å². The molecule has 2 aromatic heterocycles. The molecule has 4 aromatic rings. The molecule has 0 unspecified atom stereocenters. The van der Waals surface area contributed by atoms with Crippen LogP contribution in [0.5, 0.6) is 23.3 Å². The molecule has 2 aromatic carbocycles. The summed E-state index contributed by atoms with van der Waals surface area (Å²) < 4.78 is 23.0. The second-order valence-corrected chi connectivity index (χ2v) is 7.94. The Morgan fingerprint density at radius 3 is 2.71 bits per heavy atom. The van der Waals surface area contributed by atoms with E-state index >= 15 is 0 Å². The van der Waals surface area contributed by atoms with Gasteiger partial charge in [0.25, 0.3) is 0 Å². The zero-order chi connectivity index (χ0) is 23.2. The number of H-pyrrole nitrogens is 1. The predicted octanol–water partition coefficient (Wildman–Crippen LogP) is 3.92. The third-order valence-electron chi connectivity index (χ3n) is 5.70. The zero-order valence-electron chi connectivity index (χ0n) is 19.1. The van der Waals surface area contributed by atoms with Gasteiger partial charge in [0.1, 0.15) is 6.33 Å². The van der Waals surface area contributed by atoms with Crippen LogP contribution >= 0.6 is 0 Å². The van der Waals surface area contributed by atoms with Gasteiger partial charge < -0.3 is 18.9 Å². The molecule has 0 spiro atoms. The summed E-state index contributed by atoms with van der Waals surface area (Å²) in [6.07, 6.45) is 2.39. The normalized spacial score (nSPS) is 14.3. The fourth-order valence-corrected chi connectivity index (χ4v) is 3.91. The van der Waals surface area contributed by atoms with Crippen molar-refractivity contribution in [1.82, 2.24) is 25.1 Å². The van der Waals surface area contributed by atoms with Crippen molar-refractivity contribution in [2.45, 2.75) is 6.42 Å². The van der Waals surface area contributed by atoms with Crippen LogP contribution in [-0.2, 0) is 4.74 Å². The standard InChI is InChI=1S/C25H27N5O4/c1-31-22-14-19-21(15-23(22)33-11-5-8-30-9-12-32-13-10-30)26-17-27-25(19)34-24-16-20(28-29-24)18-6-3-2-4-7-18/h2-4,6-7,14-17H,5,8-13H2,1H3,(H,28,29). The SMILES string of the molecule is COc1cc2c(Oc3cc(-c4ccccc4)[nH]n3)ncnc2cc1OCCCN1CCOCC1.